The summed E-state index contributed by atoms with van der Waals surface area (Å²) in [4.78, 5) is 8.44. The van der Waals surface area contributed by atoms with Crippen molar-refractivity contribution in [2.24, 2.45) is 7.05 Å². The van der Waals surface area contributed by atoms with Crippen LogP contribution in [0.1, 0.15) is 6.92 Å². The van der Waals surface area contributed by atoms with E-state index in [0.717, 1.165) is 33.2 Å². The number of nitrogens with two attached hydrogens (primary N) is 1. The summed E-state index contributed by atoms with van der Waals surface area (Å²) in [6, 6.07) is 12.2. The Morgan fingerprint density at radius 3 is 2.79 bits per heavy atom. The van der Waals surface area contributed by atoms with Crippen LogP contribution >= 0.6 is 0 Å². The fraction of sp³-hybridized carbons (Fsp3) is 0.167. The van der Waals surface area contributed by atoms with Crippen LogP contribution in [0.15, 0.2) is 42.6 Å². The average molecular weight is 319 g/mol. The third kappa shape index (κ3) is 2.15. The van der Waals surface area contributed by atoms with E-state index in [0.29, 0.717) is 12.3 Å². The summed E-state index contributed by atoms with van der Waals surface area (Å²) < 4.78 is 7.59. The molecular weight excluding hydrogens is 302 g/mol. The summed E-state index contributed by atoms with van der Waals surface area (Å²) in [5, 5.41) is 7.74. The van der Waals surface area contributed by atoms with Crippen molar-refractivity contribution in [3.63, 3.8) is 0 Å². The number of anilines is 1. The molecule has 6 heteroatoms. The van der Waals surface area contributed by atoms with Gasteiger partial charge >= 0.3 is 0 Å². The zero-order chi connectivity index (χ0) is 16.7. The molecule has 0 bridgehead atoms. The van der Waals surface area contributed by atoms with Crippen molar-refractivity contribution in [1.29, 1.82) is 0 Å². The van der Waals surface area contributed by atoms with Gasteiger partial charge in [0.2, 0.25) is 5.95 Å². The number of hydrogen-bond donors (Lipinski definition) is 1. The molecule has 0 fully saturated rings. The Balaban J connectivity index is 2.11. The lowest BCUT2D eigenvalue weighted by atomic mass is 10.00. The van der Waals surface area contributed by atoms with Crippen LogP contribution in [-0.4, -0.2) is 26.4 Å². The van der Waals surface area contributed by atoms with E-state index in [9.17, 15) is 0 Å². The third-order valence-corrected chi connectivity index (χ3v) is 4.03. The van der Waals surface area contributed by atoms with Gasteiger partial charge in [0.05, 0.1) is 17.6 Å². The first-order valence-corrected chi connectivity index (χ1v) is 7.79. The van der Waals surface area contributed by atoms with Crippen LogP contribution in [0.3, 0.4) is 0 Å². The van der Waals surface area contributed by atoms with Crippen molar-refractivity contribution in [2.45, 2.75) is 6.92 Å². The van der Waals surface area contributed by atoms with Crippen LogP contribution in [0.5, 0.6) is 5.75 Å². The summed E-state index contributed by atoms with van der Waals surface area (Å²) in [6.07, 6.45) is 1.72. The standard InChI is InChI=1S/C18H17N5O/c1-3-24-14-9-8-11-6-4-5-7-12(11)15(14)16-13-10-20-18(19)21-17(13)23(2)22-16/h4-10H,3H2,1-2H3,(H2,19,20,21). The van der Waals surface area contributed by atoms with Gasteiger partial charge in [-0.2, -0.15) is 10.1 Å². The molecule has 4 aromatic rings. The highest BCUT2D eigenvalue weighted by atomic mass is 16.5. The second kappa shape index (κ2) is 5.49. The number of fused-ring (bicyclic) bond motifs is 2. The van der Waals surface area contributed by atoms with Crippen molar-refractivity contribution in [2.75, 3.05) is 12.3 Å². The molecule has 2 aromatic carbocycles. The van der Waals surface area contributed by atoms with E-state index >= 15 is 0 Å². The number of rotatable bonds is 3. The number of ether oxygens (including phenoxy) is 1. The Labute approximate surface area is 138 Å². The van der Waals surface area contributed by atoms with E-state index in [4.69, 9.17) is 10.5 Å². The van der Waals surface area contributed by atoms with Crippen LogP contribution in [-0.2, 0) is 7.05 Å². The molecule has 6 nitrogen and oxygen atoms in total. The molecule has 0 aliphatic carbocycles. The minimum absolute atomic E-state index is 0.236. The summed E-state index contributed by atoms with van der Waals surface area (Å²) in [5.74, 6) is 1.04. The highest BCUT2D eigenvalue weighted by Gasteiger charge is 2.19. The quantitative estimate of drug-likeness (QED) is 0.627. The predicted octanol–water partition coefficient (Wildman–Crippen LogP) is 3.16. The van der Waals surface area contributed by atoms with Gasteiger partial charge in [0, 0.05) is 13.2 Å². The van der Waals surface area contributed by atoms with Crippen LogP contribution in [0, 0.1) is 0 Å². The van der Waals surface area contributed by atoms with Gasteiger partial charge in [-0.15, -0.1) is 0 Å². The third-order valence-electron chi connectivity index (χ3n) is 4.03. The number of nitrogen functional groups attached to an aromatic ring is 1. The summed E-state index contributed by atoms with van der Waals surface area (Å²) in [5.41, 5.74) is 8.17. The number of hydrogen-bond acceptors (Lipinski definition) is 5. The number of nitrogens with zero attached hydrogens (tertiary/aromatic N) is 4. The van der Waals surface area contributed by atoms with Gasteiger partial charge in [0.1, 0.15) is 11.4 Å². The van der Waals surface area contributed by atoms with Gasteiger partial charge in [0.25, 0.3) is 0 Å². The van der Waals surface area contributed by atoms with E-state index in [1.165, 1.54) is 0 Å². The van der Waals surface area contributed by atoms with Gasteiger partial charge < -0.3 is 10.5 Å². The second-order valence-electron chi connectivity index (χ2n) is 5.53. The summed E-state index contributed by atoms with van der Waals surface area (Å²) in [6.45, 7) is 2.55. The molecule has 0 aliphatic rings. The fourth-order valence-electron chi connectivity index (χ4n) is 3.01. The van der Waals surface area contributed by atoms with E-state index < -0.39 is 0 Å². The molecule has 0 radical (unpaired) electrons. The molecule has 0 amide bonds. The Morgan fingerprint density at radius 2 is 1.96 bits per heavy atom. The summed E-state index contributed by atoms with van der Waals surface area (Å²) >= 11 is 0. The molecule has 2 heterocycles. The molecule has 0 saturated heterocycles. The molecule has 0 spiro atoms. The van der Waals surface area contributed by atoms with Gasteiger partial charge in [-0.05, 0) is 23.8 Å². The summed E-state index contributed by atoms with van der Waals surface area (Å²) in [7, 11) is 1.85. The Bertz CT molecular complexity index is 1050. The SMILES string of the molecule is CCOc1ccc2ccccc2c1-c1nn(C)c2nc(N)ncc12. The van der Waals surface area contributed by atoms with Crippen LogP contribution in [0.4, 0.5) is 5.95 Å². The first-order chi connectivity index (χ1) is 11.7. The molecule has 2 N–H and O–H groups in total. The normalized spacial score (nSPS) is 11.2. The molecule has 0 aliphatic heterocycles. The lowest BCUT2D eigenvalue weighted by Crippen LogP contribution is -1.97. The van der Waals surface area contributed by atoms with E-state index in [2.05, 4.69) is 33.3 Å². The molecule has 0 unspecified atom stereocenters. The van der Waals surface area contributed by atoms with E-state index in [-0.39, 0.29) is 5.95 Å². The van der Waals surface area contributed by atoms with E-state index in [1.54, 1.807) is 10.9 Å². The van der Waals surface area contributed by atoms with Crippen molar-refractivity contribution >= 4 is 27.8 Å². The maximum Gasteiger partial charge on any atom is 0.222 e. The average Bonchev–Trinajstić information content (AvgIpc) is 2.91. The predicted molar refractivity (Wildman–Crippen MR) is 94.8 cm³/mol. The Morgan fingerprint density at radius 1 is 1.12 bits per heavy atom. The van der Waals surface area contributed by atoms with Crippen molar-refractivity contribution in [1.82, 2.24) is 19.7 Å². The van der Waals surface area contributed by atoms with Gasteiger partial charge in [-0.3, -0.25) is 0 Å². The maximum atomic E-state index is 5.87. The molecule has 0 atom stereocenters. The van der Waals surface area contributed by atoms with Gasteiger partial charge in [-0.1, -0.05) is 30.3 Å². The van der Waals surface area contributed by atoms with Gasteiger partial charge in [-0.25, -0.2) is 9.67 Å². The largest absolute Gasteiger partial charge is 0.493 e. The lowest BCUT2D eigenvalue weighted by molar-refractivity contribution is 0.342. The molecule has 120 valence electrons. The van der Waals surface area contributed by atoms with Gasteiger partial charge in [0.15, 0.2) is 5.65 Å². The zero-order valence-electron chi connectivity index (χ0n) is 13.5. The van der Waals surface area contributed by atoms with Crippen molar-refractivity contribution < 1.29 is 4.74 Å². The number of aromatic nitrogens is 4. The van der Waals surface area contributed by atoms with Crippen molar-refractivity contribution in [3.8, 4) is 17.0 Å². The molecular formula is C18H17N5O. The molecule has 24 heavy (non-hydrogen) atoms. The van der Waals surface area contributed by atoms with E-state index in [1.807, 2.05) is 32.2 Å². The molecule has 0 saturated carbocycles. The minimum atomic E-state index is 0.236. The van der Waals surface area contributed by atoms with Crippen LogP contribution in [0.25, 0.3) is 33.1 Å². The first-order valence-electron chi connectivity index (χ1n) is 7.79. The molecule has 2 aromatic heterocycles. The number of aryl methyl sites for hydroxylation is 1. The monoisotopic (exact) mass is 319 g/mol. The number of benzene rings is 2. The minimum Gasteiger partial charge on any atom is -0.493 e. The lowest BCUT2D eigenvalue weighted by Gasteiger charge is -2.12. The second-order valence-corrected chi connectivity index (χ2v) is 5.53. The highest BCUT2D eigenvalue weighted by Crippen LogP contribution is 2.39. The smallest absolute Gasteiger partial charge is 0.222 e. The maximum absolute atomic E-state index is 5.87. The first kappa shape index (κ1) is 14.4. The Kier molecular flexibility index (Phi) is 3.30. The van der Waals surface area contributed by atoms with Crippen LogP contribution < -0.4 is 10.5 Å². The van der Waals surface area contributed by atoms with Crippen LogP contribution in [0.2, 0.25) is 0 Å². The van der Waals surface area contributed by atoms with Crippen molar-refractivity contribution in [3.05, 3.63) is 42.6 Å². The zero-order valence-corrected chi connectivity index (χ0v) is 13.5. The topological polar surface area (TPSA) is 78.8 Å². The highest BCUT2D eigenvalue weighted by molar-refractivity contribution is 6.05. The Hall–Kier alpha value is -3.15. The fourth-order valence-corrected chi connectivity index (χ4v) is 3.01. The molecule has 4 rings (SSSR count).